The van der Waals surface area contributed by atoms with E-state index in [4.69, 9.17) is 28.4 Å². The lowest BCUT2D eigenvalue weighted by molar-refractivity contribution is -0.323. The summed E-state index contributed by atoms with van der Waals surface area (Å²) in [5.74, 6) is 0. The maximum Gasteiger partial charge on any atom is 0.186 e. The Kier molecular flexibility index (Phi) is 11.1. The highest BCUT2D eigenvalue weighted by atomic mass is 16.7. The number of ether oxygens (including phenoxy) is 6. The highest BCUT2D eigenvalue weighted by molar-refractivity contribution is 5.16. The maximum atomic E-state index is 6.63. The minimum atomic E-state index is -0.665. The minimum absolute atomic E-state index is 0.310. The highest BCUT2D eigenvalue weighted by Crippen LogP contribution is 2.31. The molecule has 1 aliphatic rings. The average Bonchev–Trinajstić information content (AvgIpc) is 3.04. The van der Waals surface area contributed by atoms with E-state index in [1.54, 1.807) is 7.11 Å². The molecule has 6 nitrogen and oxygen atoms in total. The molecule has 5 rings (SSSR count). The van der Waals surface area contributed by atoms with Crippen LogP contribution in [0.5, 0.6) is 0 Å². The molecule has 5 atom stereocenters. The van der Waals surface area contributed by atoms with Crippen LogP contribution in [0.3, 0.4) is 0 Å². The SMILES string of the molecule is CO[C@H]1O[C@@H](COCc2ccccc2)[C@@H](OCc2ccccc2)[C@H](OCc2ccccc2)[C@@H]1OCc1ccccc1. The van der Waals surface area contributed by atoms with Crippen molar-refractivity contribution in [3.05, 3.63) is 144 Å². The lowest BCUT2D eigenvalue weighted by Crippen LogP contribution is -2.61. The Morgan fingerprint density at radius 1 is 0.488 bits per heavy atom. The van der Waals surface area contributed by atoms with Crippen LogP contribution in [0.4, 0.5) is 0 Å². The van der Waals surface area contributed by atoms with Crippen LogP contribution in [-0.2, 0) is 54.8 Å². The summed E-state index contributed by atoms with van der Waals surface area (Å²) >= 11 is 0. The first-order chi connectivity index (χ1) is 20.3. The van der Waals surface area contributed by atoms with E-state index in [0.29, 0.717) is 33.0 Å². The molecule has 0 aromatic heterocycles. The van der Waals surface area contributed by atoms with Crippen molar-refractivity contribution in [3.63, 3.8) is 0 Å². The molecule has 1 saturated heterocycles. The third kappa shape index (κ3) is 8.57. The quantitative estimate of drug-likeness (QED) is 0.182. The van der Waals surface area contributed by atoms with Crippen LogP contribution in [-0.4, -0.2) is 44.4 Å². The van der Waals surface area contributed by atoms with Crippen LogP contribution in [0.15, 0.2) is 121 Å². The summed E-state index contributed by atoms with van der Waals surface area (Å²) < 4.78 is 38.2. The Balaban J connectivity index is 1.38. The van der Waals surface area contributed by atoms with Gasteiger partial charge in [0.2, 0.25) is 0 Å². The molecule has 0 saturated carbocycles. The van der Waals surface area contributed by atoms with Crippen molar-refractivity contribution in [2.45, 2.75) is 57.1 Å². The number of hydrogen-bond donors (Lipinski definition) is 0. The molecule has 214 valence electrons. The Morgan fingerprint density at radius 2 is 0.878 bits per heavy atom. The Bertz CT molecular complexity index is 1260. The monoisotopic (exact) mass is 554 g/mol. The molecule has 0 spiro atoms. The average molecular weight is 555 g/mol. The van der Waals surface area contributed by atoms with E-state index in [0.717, 1.165) is 22.3 Å². The molecule has 41 heavy (non-hydrogen) atoms. The third-order valence-corrected chi connectivity index (χ3v) is 7.07. The van der Waals surface area contributed by atoms with Gasteiger partial charge in [-0.25, -0.2) is 0 Å². The number of benzene rings is 4. The maximum absolute atomic E-state index is 6.63. The molecule has 0 N–H and O–H groups in total. The van der Waals surface area contributed by atoms with Crippen LogP contribution in [0.2, 0.25) is 0 Å². The standard InChI is InChI=1S/C35H38O6/c1-36-35-34(40-25-30-20-12-5-13-21-30)33(39-24-29-18-10-4-11-19-29)32(38-23-28-16-8-3-9-17-28)31(41-35)26-37-22-27-14-6-2-7-15-27/h2-21,31-35H,22-26H2,1H3/t31-,32+,33-,34-,35-/m0/s1. The Morgan fingerprint density at radius 3 is 1.32 bits per heavy atom. The van der Waals surface area contributed by atoms with Crippen molar-refractivity contribution in [2.24, 2.45) is 0 Å². The van der Waals surface area contributed by atoms with Crippen LogP contribution in [0, 0.1) is 0 Å². The van der Waals surface area contributed by atoms with Gasteiger partial charge in [-0.3, -0.25) is 0 Å². The first-order valence-electron chi connectivity index (χ1n) is 14.1. The number of methoxy groups -OCH3 is 1. The molecule has 1 heterocycles. The van der Waals surface area contributed by atoms with Gasteiger partial charge in [-0.2, -0.15) is 0 Å². The molecule has 4 aromatic carbocycles. The van der Waals surface area contributed by atoms with E-state index >= 15 is 0 Å². The van der Waals surface area contributed by atoms with E-state index in [1.165, 1.54) is 0 Å². The van der Waals surface area contributed by atoms with Gasteiger partial charge in [0.15, 0.2) is 6.29 Å². The highest BCUT2D eigenvalue weighted by Gasteiger charge is 2.48. The van der Waals surface area contributed by atoms with Gasteiger partial charge in [-0.1, -0.05) is 121 Å². The predicted octanol–water partition coefficient (Wildman–Crippen LogP) is 6.33. The Hall–Kier alpha value is -3.36. The molecule has 0 unspecified atom stereocenters. The second-order valence-electron chi connectivity index (χ2n) is 10.1. The minimum Gasteiger partial charge on any atom is -0.374 e. The summed E-state index contributed by atoms with van der Waals surface area (Å²) in [5.41, 5.74) is 4.27. The van der Waals surface area contributed by atoms with Crippen LogP contribution < -0.4 is 0 Å². The van der Waals surface area contributed by atoms with Gasteiger partial charge >= 0.3 is 0 Å². The van der Waals surface area contributed by atoms with Crippen molar-refractivity contribution in [1.82, 2.24) is 0 Å². The van der Waals surface area contributed by atoms with Gasteiger partial charge in [0.1, 0.15) is 24.4 Å². The van der Waals surface area contributed by atoms with E-state index < -0.39 is 30.7 Å². The molecule has 1 aliphatic heterocycles. The summed E-state index contributed by atoms with van der Waals surface area (Å²) in [7, 11) is 1.63. The van der Waals surface area contributed by atoms with Crippen molar-refractivity contribution >= 4 is 0 Å². The predicted molar refractivity (Wildman–Crippen MR) is 157 cm³/mol. The lowest BCUT2D eigenvalue weighted by atomic mass is 9.97. The molecule has 0 amide bonds. The Labute approximate surface area is 242 Å². The zero-order chi connectivity index (χ0) is 28.1. The van der Waals surface area contributed by atoms with Gasteiger partial charge in [-0.05, 0) is 22.3 Å². The van der Waals surface area contributed by atoms with Crippen molar-refractivity contribution in [2.75, 3.05) is 13.7 Å². The van der Waals surface area contributed by atoms with Crippen LogP contribution >= 0.6 is 0 Å². The summed E-state index contributed by atoms with van der Waals surface area (Å²) in [6.45, 7) is 1.97. The fraction of sp³-hybridized carbons (Fsp3) is 0.314. The summed E-state index contributed by atoms with van der Waals surface area (Å²) in [4.78, 5) is 0. The van der Waals surface area contributed by atoms with E-state index in [-0.39, 0.29) is 0 Å². The second kappa shape index (κ2) is 15.6. The third-order valence-electron chi connectivity index (χ3n) is 7.07. The van der Waals surface area contributed by atoms with Gasteiger partial charge in [0.25, 0.3) is 0 Å². The van der Waals surface area contributed by atoms with Gasteiger partial charge in [0, 0.05) is 7.11 Å². The fourth-order valence-corrected chi connectivity index (χ4v) is 4.94. The van der Waals surface area contributed by atoms with E-state index in [1.807, 2.05) is 121 Å². The first kappa shape index (κ1) is 29.1. The molecular formula is C35H38O6. The molecule has 1 fully saturated rings. The number of hydrogen-bond acceptors (Lipinski definition) is 6. The fourth-order valence-electron chi connectivity index (χ4n) is 4.94. The van der Waals surface area contributed by atoms with E-state index in [9.17, 15) is 0 Å². The molecule has 0 bridgehead atoms. The van der Waals surface area contributed by atoms with E-state index in [2.05, 4.69) is 0 Å². The smallest absolute Gasteiger partial charge is 0.186 e. The van der Waals surface area contributed by atoms with Crippen molar-refractivity contribution < 1.29 is 28.4 Å². The topological polar surface area (TPSA) is 55.4 Å². The van der Waals surface area contributed by atoms with Crippen LogP contribution in [0.25, 0.3) is 0 Å². The normalized spacial score (nSPS) is 22.4. The van der Waals surface area contributed by atoms with Crippen molar-refractivity contribution in [3.8, 4) is 0 Å². The summed E-state index contributed by atoms with van der Waals surface area (Å²) in [6, 6.07) is 40.4. The second-order valence-corrected chi connectivity index (χ2v) is 10.1. The summed E-state index contributed by atoms with van der Waals surface area (Å²) in [5, 5.41) is 0. The zero-order valence-electron chi connectivity index (χ0n) is 23.4. The van der Waals surface area contributed by atoms with Crippen molar-refractivity contribution in [1.29, 1.82) is 0 Å². The first-order valence-corrected chi connectivity index (χ1v) is 14.1. The summed E-state index contributed by atoms with van der Waals surface area (Å²) in [6.07, 6.45) is -2.59. The van der Waals surface area contributed by atoms with Gasteiger partial charge in [-0.15, -0.1) is 0 Å². The molecule has 4 aromatic rings. The number of rotatable bonds is 14. The lowest BCUT2D eigenvalue weighted by Gasteiger charge is -2.45. The molecule has 6 heteroatoms. The molecule has 0 aliphatic carbocycles. The zero-order valence-corrected chi connectivity index (χ0v) is 23.4. The van der Waals surface area contributed by atoms with Gasteiger partial charge in [0.05, 0.1) is 33.0 Å². The molecule has 0 radical (unpaired) electrons. The molecular weight excluding hydrogens is 516 g/mol. The largest absolute Gasteiger partial charge is 0.374 e. The van der Waals surface area contributed by atoms with Gasteiger partial charge < -0.3 is 28.4 Å². The van der Waals surface area contributed by atoms with Crippen LogP contribution in [0.1, 0.15) is 22.3 Å².